The fourth-order valence-electron chi connectivity index (χ4n) is 3.60. The van der Waals surface area contributed by atoms with Crippen molar-refractivity contribution >= 4 is 0 Å². The Labute approximate surface area is 124 Å². The minimum Gasteiger partial charge on any atom is -0.314 e. The zero-order chi connectivity index (χ0) is 13.9. The lowest BCUT2D eigenvalue weighted by atomic mass is 9.89. The molecule has 1 nitrogen and oxygen atoms in total. The smallest absolute Gasteiger partial charge is 0.00683 e. The molecule has 1 aromatic rings. The Kier molecular flexibility index (Phi) is 4.45. The molecular weight excluding hydrogens is 242 g/mol. The quantitative estimate of drug-likeness (QED) is 0.802. The molecule has 110 valence electrons. The van der Waals surface area contributed by atoms with Crippen molar-refractivity contribution in [1.82, 2.24) is 5.32 Å². The lowest BCUT2D eigenvalue weighted by molar-refractivity contribution is 0.364. The maximum absolute atomic E-state index is 3.74. The fourth-order valence-corrected chi connectivity index (χ4v) is 3.60. The predicted octanol–water partition coefficient (Wildman–Crippen LogP) is 4.52. The van der Waals surface area contributed by atoms with Gasteiger partial charge in [-0.3, -0.25) is 0 Å². The number of rotatable bonds is 6. The first-order valence-electron chi connectivity index (χ1n) is 8.54. The summed E-state index contributed by atoms with van der Waals surface area (Å²) in [6.45, 7) is 5.80. The number of hydrogen-bond acceptors (Lipinski definition) is 1. The van der Waals surface area contributed by atoms with Gasteiger partial charge in [0.15, 0.2) is 0 Å². The largest absolute Gasteiger partial charge is 0.314 e. The molecule has 1 heteroatoms. The summed E-state index contributed by atoms with van der Waals surface area (Å²) in [7, 11) is 0. The second kappa shape index (κ2) is 6.30. The molecule has 2 aliphatic carbocycles. The van der Waals surface area contributed by atoms with E-state index in [1.165, 1.54) is 56.2 Å². The third-order valence-electron chi connectivity index (χ3n) is 5.21. The van der Waals surface area contributed by atoms with Crippen LogP contribution >= 0.6 is 0 Å². The maximum Gasteiger partial charge on any atom is 0.00683 e. The van der Waals surface area contributed by atoms with Crippen molar-refractivity contribution in [3.8, 4) is 0 Å². The third kappa shape index (κ3) is 3.63. The van der Waals surface area contributed by atoms with Crippen LogP contribution in [0, 0.1) is 11.8 Å². The highest BCUT2D eigenvalue weighted by atomic mass is 14.9. The van der Waals surface area contributed by atoms with Gasteiger partial charge < -0.3 is 5.32 Å². The van der Waals surface area contributed by atoms with E-state index in [-0.39, 0.29) is 0 Å². The summed E-state index contributed by atoms with van der Waals surface area (Å²) >= 11 is 0. The molecule has 1 aromatic carbocycles. The van der Waals surface area contributed by atoms with Crippen molar-refractivity contribution in [1.29, 1.82) is 0 Å². The average molecular weight is 271 g/mol. The van der Waals surface area contributed by atoms with Gasteiger partial charge in [-0.05, 0) is 67.5 Å². The van der Waals surface area contributed by atoms with Gasteiger partial charge in [0, 0.05) is 6.04 Å². The van der Waals surface area contributed by atoms with Gasteiger partial charge in [-0.25, -0.2) is 0 Å². The highest BCUT2D eigenvalue weighted by molar-refractivity contribution is 5.25. The van der Waals surface area contributed by atoms with E-state index in [2.05, 4.69) is 43.4 Å². The zero-order valence-electron chi connectivity index (χ0n) is 13.1. The van der Waals surface area contributed by atoms with Gasteiger partial charge in [0.2, 0.25) is 0 Å². The number of nitrogens with one attached hydrogen (secondary N) is 1. The Morgan fingerprint density at radius 1 is 1.00 bits per heavy atom. The Bertz CT molecular complexity index is 416. The summed E-state index contributed by atoms with van der Waals surface area (Å²) in [5, 5.41) is 3.74. The topological polar surface area (TPSA) is 12.0 Å². The van der Waals surface area contributed by atoms with Crippen LogP contribution in [0.25, 0.3) is 0 Å². The minimum absolute atomic E-state index is 0.644. The van der Waals surface area contributed by atoms with E-state index < -0.39 is 0 Å². The van der Waals surface area contributed by atoms with E-state index in [9.17, 15) is 0 Å². The summed E-state index contributed by atoms with van der Waals surface area (Å²) in [6, 6.07) is 10.2. The maximum atomic E-state index is 3.74. The van der Waals surface area contributed by atoms with Crippen molar-refractivity contribution in [2.45, 2.75) is 64.3 Å². The first-order chi connectivity index (χ1) is 9.72. The molecule has 0 amide bonds. The summed E-state index contributed by atoms with van der Waals surface area (Å²) < 4.78 is 0. The standard InChI is InChI=1S/C19H29N/c1-14(2)16-8-6-15(7-9-16)12-17-4-3-5-18(17)13-20-19-10-11-19/h6-9,14,17-20H,3-5,10-13H2,1-2H3. The van der Waals surface area contributed by atoms with Crippen molar-refractivity contribution < 1.29 is 0 Å². The highest BCUT2D eigenvalue weighted by Gasteiger charge is 2.29. The molecule has 0 radical (unpaired) electrons. The number of hydrogen-bond donors (Lipinski definition) is 1. The Hall–Kier alpha value is -0.820. The molecule has 20 heavy (non-hydrogen) atoms. The molecule has 0 heterocycles. The van der Waals surface area contributed by atoms with E-state index >= 15 is 0 Å². The van der Waals surface area contributed by atoms with Crippen molar-refractivity contribution in [2.75, 3.05) is 6.54 Å². The zero-order valence-corrected chi connectivity index (χ0v) is 13.1. The van der Waals surface area contributed by atoms with Crippen LogP contribution in [0.15, 0.2) is 24.3 Å². The lowest BCUT2D eigenvalue weighted by Gasteiger charge is -2.20. The predicted molar refractivity (Wildman–Crippen MR) is 86.1 cm³/mol. The van der Waals surface area contributed by atoms with Crippen LogP contribution in [-0.4, -0.2) is 12.6 Å². The number of benzene rings is 1. The molecule has 2 saturated carbocycles. The van der Waals surface area contributed by atoms with Crippen molar-refractivity contribution in [3.05, 3.63) is 35.4 Å². The van der Waals surface area contributed by atoms with Crippen LogP contribution in [0.5, 0.6) is 0 Å². The van der Waals surface area contributed by atoms with Gasteiger partial charge in [-0.15, -0.1) is 0 Å². The summed E-state index contributed by atoms with van der Waals surface area (Å²) in [5.74, 6) is 2.47. The van der Waals surface area contributed by atoms with Gasteiger partial charge in [0.1, 0.15) is 0 Å². The van der Waals surface area contributed by atoms with Crippen LogP contribution in [0.4, 0.5) is 0 Å². The molecule has 3 rings (SSSR count). The molecule has 0 bridgehead atoms. The summed E-state index contributed by atoms with van der Waals surface area (Å²) in [5.41, 5.74) is 3.00. The van der Waals surface area contributed by atoms with Gasteiger partial charge >= 0.3 is 0 Å². The van der Waals surface area contributed by atoms with Crippen LogP contribution in [-0.2, 0) is 6.42 Å². The van der Waals surface area contributed by atoms with Gasteiger partial charge in [-0.1, -0.05) is 44.5 Å². The van der Waals surface area contributed by atoms with Crippen molar-refractivity contribution in [2.24, 2.45) is 11.8 Å². The first kappa shape index (κ1) is 14.1. The average Bonchev–Trinajstić information content (AvgIpc) is 3.18. The third-order valence-corrected chi connectivity index (χ3v) is 5.21. The van der Waals surface area contributed by atoms with Gasteiger partial charge in [0.25, 0.3) is 0 Å². The summed E-state index contributed by atoms with van der Waals surface area (Å²) in [6.07, 6.45) is 8.42. The second-order valence-electron chi connectivity index (χ2n) is 7.23. The van der Waals surface area contributed by atoms with Crippen LogP contribution < -0.4 is 5.32 Å². The fraction of sp³-hybridized carbons (Fsp3) is 0.684. The molecule has 1 N–H and O–H groups in total. The normalized spacial score (nSPS) is 26.4. The molecule has 0 aromatic heterocycles. The van der Waals surface area contributed by atoms with E-state index in [0.717, 1.165) is 17.9 Å². The second-order valence-corrected chi connectivity index (χ2v) is 7.23. The first-order valence-corrected chi connectivity index (χ1v) is 8.54. The molecular formula is C19H29N. The van der Waals surface area contributed by atoms with Crippen LogP contribution in [0.2, 0.25) is 0 Å². The minimum atomic E-state index is 0.644. The molecule has 0 spiro atoms. The lowest BCUT2D eigenvalue weighted by Crippen LogP contribution is -2.27. The van der Waals surface area contributed by atoms with Gasteiger partial charge in [0.05, 0.1) is 0 Å². The Morgan fingerprint density at radius 3 is 2.35 bits per heavy atom. The van der Waals surface area contributed by atoms with E-state index in [0.29, 0.717) is 5.92 Å². The summed E-state index contributed by atoms with van der Waals surface area (Å²) in [4.78, 5) is 0. The van der Waals surface area contributed by atoms with E-state index in [4.69, 9.17) is 0 Å². The SMILES string of the molecule is CC(C)c1ccc(CC2CCCC2CNC2CC2)cc1. The molecule has 2 fully saturated rings. The van der Waals surface area contributed by atoms with Crippen LogP contribution in [0.3, 0.4) is 0 Å². The van der Waals surface area contributed by atoms with E-state index in [1.807, 2.05) is 0 Å². The molecule has 2 atom stereocenters. The molecule has 2 unspecified atom stereocenters. The highest BCUT2D eigenvalue weighted by Crippen LogP contribution is 2.34. The van der Waals surface area contributed by atoms with Crippen molar-refractivity contribution in [3.63, 3.8) is 0 Å². The molecule has 0 saturated heterocycles. The molecule has 0 aliphatic heterocycles. The Morgan fingerprint density at radius 2 is 1.70 bits per heavy atom. The van der Waals surface area contributed by atoms with Crippen LogP contribution in [0.1, 0.15) is 63.0 Å². The Balaban J connectivity index is 1.54. The molecule has 2 aliphatic rings. The van der Waals surface area contributed by atoms with Gasteiger partial charge in [-0.2, -0.15) is 0 Å². The monoisotopic (exact) mass is 271 g/mol. The van der Waals surface area contributed by atoms with E-state index in [1.54, 1.807) is 0 Å².